The van der Waals surface area contributed by atoms with Crippen LogP contribution in [0.1, 0.15) is 74.1 Å². The number of carbonyl (C=O) groups excluding carboxylic acids is 3. The number of esters is 1. The predicted octanol–water partition coefficient (Wildman–Crippen LogP) is 5.62. The summed E-state index contributed by atoms with van der Waals surface area (Å²) in [6.45, 7) is 11.7. The molecule has 0 spiro atoms. The van der Waals surface area contributed by atoms with Crippen LogP contribution in [-0.4, -0.2) is 52.5 Å². The van der Waals surface area contributed by atoms with Crippen molar-refractivity contribution in [3.63, 3.8) is 0 Å². The fourth-order valence-corrected chi connectivity index (χ4v) is 3.50. The lowest BCUT2D eigenvalue weighted by atomic mass is 10.0. The third kappa shape index (κ3) is 8.83. The van der Waals surface area contributed by atoms with Gasteiger partial charge in [-0.25, -0.2) is 18.8 Å². The summed E-state index contributed by atoms with van der Waals surface area (Å²) in [5.74, 6) is -0.760. The number of carbonyl (C=O) groups is 3. The normalized spacial score (nSPS) is 21.9. The van der Waals surface area contributed by atoms with E-state index in [4.69, 9.17) is 18.9 Å². The molecule has 9 heteroatoms. The molecule has 0 bridgehead atoms. The Bertz CT molecular complexity index is 847. The van der Waals surface area contributed by atoms with Crippen LogP contribution in [0.5, 0.6) is 5.75 Å². The number of imide groups is 1. The van der Waals surface area contributed by atoms with Crippen molar-refractivity contribution in [2.75, 3.05) is 0 Å². The summed E-state index contributed by atoms with van der Waals surface area (Å²) >= 11 is 0. The second-order valence-electron chi connectivity index (χ2n) is 10.5. The standard InChI is InChI=1S/C25H36FNO7/c1-16-14-18(32-19-11-8-10-17(26)15-19)12-9-13-20(21(28)31-16)27(22(29)33-24(2,3)4)23(30)34-25(5,6)7/h8,10-11,15-16,18,20H,9,12-14H2,1-7H3/t16?,18?,20-/m0/s1. The third-order valence-electron chi connectivity index (χ3n) is 4.78. The molecule has 1 heterocycles. The Morgan fingerprint density at radius 1 is 1.03 bits per heavy atom. The third-order valence-corrected chi connectivity index (χ3v) is 4.78. The summed E-state index contributed by atoms with van der Waals surface area (Å²) in [7, 11) is 0. The van der Waals surface area contributed by atoms with Crippen LogP contribution in [0.25, 0.3) is 0 Å². The molecule has 34 heavy (non-hydrogen) atoms. The molecule has 8 nitrogen and oxygen atoms in total. The number of nitrogens with zero attached hydrogens (tertiary/aromatic N) is 1. The Kier molecular flexibility index (Phi) is 8.91. The fraction of sp³-hybridized carbons (Fsp3) is 0.640. The molecule has 1 aromatic rings. The molecule has 2 unspecified atom stereocenters. The molecule has 0 aliphatic carbocycles. The number of halogens is 1. The SMILES string of the molecule is CC1CC(Oc2cccc(F)c2)CCC[C@H](N(C(=O)OC(C)(C)C)C(=O)OC(C)(C)C)C(=O)O1. The molecular formula is C25H36FNO7. The predicted molar refractivity (Wildman–Crippen MR) is 123 cm³/mol. The van der Waals surface area contributed by atoms with Gasteiger partial charge < -0.3 is 18.9 Å². The highest BCUT2D eigenvalue weighted by Gasteiger charge is 2.42. The van der Waals surface area contributed by atoms with Crippen LogP contribution in [0.15, 0.2) is 24.3 Å². The molecule has 1 aromatic carbocycles. The van der Waals surface area contributed by atoms with E-state index in [9.17, 15) is 18.8 Å². The molecule has 1 aliphatic heterocycles. The van der Waals surface area contributed by atoms with Crippen molar-refractivity contribution in [2.45, 2.75) is 104 Å². The first kappa shape index (κ1) is 27.4. The quantitative estimate of drug-likeness (QED) is 0.409. The van der Waals surface area contributed by atoms with E-state index >= 15 is 0 Å². The number of rotatable bonds is 3. The average Bonchev–Trinajstić information content (AvgIpc) is 2.69. The number of cyclic esters (lactones) is 1. The van der Waals surface area contributed by atoms with E-state index in [2.05, 4.69) is 0 Å². The van der Waals surface area contributed by atoms with E-state index in [0.29, 0.717) is 29.9 Å². The van der Waals surface area contributed by atoms with Crippen LogP contribution in [0.4, 0.5) is 14.0 Å². The van der Waals surface area contributed by atoms with E-state index in [1.807, 2.05) is 0 Å². The summed E-state index contributed by atoms with van der Waals surface area (Å²) in [6.07, 6.45) is -1.43. The average molecular weight is 482 g/mol. The summed E-state index contributed by atoms with van der Waals surface area (Å²) in [5, 5.41) is 0. The minimum atomic E-state index is -1.22. The van der Waals surface area contributed by atoms with E-state index in [1.54, 1.807) is 60.6 Å². The van der Waals surface area contributed by atoms with Crippen molar-refractivity contribution < 1.29 is 37.7 Å². The number of hydrogen-bond donors (Lipinski definition) is 0. The van der Waals surface area contributed by atoms with Gasteiger partial charge in [0.2, 0.25) is 0 Å². The zero-order valence-electron chi connectivity index (χ0n) is 21.1. The van der Waals surface area contributed by atoms with Crippen LogP contribution >= 0.6 is 0 Å². The minimum Gasteiger partial charge on any atom is -0.490 e. The molecule has 2 rings (SSSR count). The Labute approximate surface area is 200 Å². The minimum absolute atomic E-state index is 0.132. The van der Waals surface area contributed by atoms with E-state index in [-0.39, 0.29) is 12.5 Å². The second-order valence-corrected chi connectivity index (χ2v) is 10.5. The van der Waals surface area contributed by atoms with Crippen molar-refractivity contribution in [1.82, 2.24) is 4.90 Å². The highest BCUT2D eigenvalue weighted by atomic mass is 19.1. The van der Waals surface area contributed by atoms with Crippen molar-refractivity contribution in [3.8, 4) is 5.75 Å². The molecule has 0 N–H and O–H groups in total. The van der Waals surface area contributed by atoms with E-state index in [1.165, 1.54) is 12.1 Å². The van der Waals surface area contributed by atoms with Gasteiger partial charge >= 0.3 is 18.2 Å². The van der Waals surface area contributed by atoms with Gasteiger partial charge in [0, 0.05) is 12.5 Å². The first-order valence-corrected chi connectivity index (χ1v) is 11.5. The molecule has 2 amide bonds. The van der Waals surface area contributed by atoms with Crippen molar-refractivity contribution in [1.29, 1.82) is 0 Å². The molecule has 0 radical (unpaired) electrons. The number of amides is 2. The highest BCUT2D eigenvalue weighted by molar-refractivity contribution is 5.94. The second kappa shape index (κ2) is 11.1. The van der Waals surface area contributed by atoms with Gasteiger partial charge in [-0.05, 0) is 79.9 Å². The van der Waals surface area contributed by atoms with E-state index in [0.717, 1.165) is 0 Å². The molecule has 1 fully saturated rings. The molecule has 190 valence electrons. The maximum Gasteiger partial charge on any atom is 0.420 e. The lowest BCUT2D eigenvalue weighted by Crippen LogP contribution is -2.52. The molecule has 0 saturated carbocycles. The van der Waals surface area contributed by atoms with Crippen molar-refractivity contribution in [2.24, 2.45) is 0 Å². The van der Waals surface area contributed by atoms with Gasteiger partial charge in [0.1, 0.15) is 41.0 Å². The monoisotopic (exact) mass is 481 g/mol. The molecule has 1 saturated heterocycles. The van der Waals surface area contributed by atoms with Gasteiger partial charge in [-0.1, -0.05) is 6.07 Å². The van der Waals surface area contributed by atoms with Crippen LogP contribution in [0, 0.1) is 5.82 Å². The van der Waals surface area contributed by atoms with Crippen LogP contribution < -0.4 is 4.74 Å². The summed E-state index contributed by atoms with van der Waals surface area (Å²) < 4.78 is 35.8. The molecular weight excluding hydrogens is 445 g/mol. The largest absolute Gasteiger partial charge is 0.490 e. The maximum atomic E-state index is 13.5. The number of hydrogen-bond acceptors (Lipinski definition) is 7. The molecule has 3 atom stereocenters. The lowest BCUT2D eigenvalue weighted by Gasteiger charge is -2.32. The Balaban J connectivity index is 2.26. The van der Waals surface area contributed by atoms with Gasteiger partial charge in [0.25, 0.3) is 0 Å². The van der Waals surface area contributed by atoms with Gasteiger partial charge in [0.05, 0.1) is 0 Å². The Hall–Kier alpha value is -2.84. The maximum absolute atomic E-state index is 13.5. The van der Waals surface area contributed by atoms with Gasteiger partial charge in [-0.3, -0.25) is 0 Å². The Morgan fingerprint density at radius 3 is 2.15 bits per heavy atom. The first-order valence-electron chi connectivity index (χ1n) is 11.5. The summed E-state index contributed by atoms with van der Waals surface area (Å²) in [6, 6.07) is 4.60. The number of ether oxygens (including phenoxy) is 4. The first-order chi connectivity index (χ1) is 15.6. The fourth-order valence-electron chi connectivity index (χ4n) is 3.50. The van der Waals surface area contributed by atoms with E-state index < -0.39 is 47.3 Å². The Morgan fingerprint density at radius 2 is 1.62 bits per heavy atom. The summed E-state index contributed by atoms with van der Waals surface area (Å²) in [4.78, 5) is 39.7. The zero-order valence-corrected chi connectivity index (χ0v) is 21.1. The lowest BCUT2D eigenvalue weighted by molar-refractivity contribution is -0.155. The van der Waals surface area contributed by atoms with Crippen LogP contribution in [-0.2, 0) is 19.0 Å². The van der Waals surface area contributed by atoms with Crippen molar-refractivity contribution in [3.05, 3.63) is 30.1 Å². The van der Waals surface area contributed by atoms with Gasteiger partial charge in [-0.2, -0.15) is 4.90 Å². The summed E-state index contributed by atoms with van der Waals surface area (Å²) in [5.41, 5.74) is -1.78. The van der Waals surface area contributed by atoms with Crippen molar-refractivity contribution >= 4 is 18.2 Å². The van der Waals surface area contributed by atoms with Crippen LogP contribution in [0.2, 0.25) is 0 Å². The molecule has 1 aliphatic rings. The smallest absolute Gasteiger partial charge is 0.420 e. The molecule has 0 aromatic heterocycles. The zero-order chi connectivity index (χ0) is 25.7. The van der Waals surface area contributed by atoms with Crippen LogP contribution in [0.3, 0.4) is 0 Å². The van der Waals surface area contributed by atoms with Gasteiger partial charge in [0.15, 0.2) is 0 Å². The topological polar surface area (TPSA) is 91.4 Å². The highest BCUT2D eigenvalue weighted by Crippen LogP contribution is 2.26. The number of benzene rings is 1. The van der Waals surface area contributed by atoms with Gasteiger partial charge in [-0.15, -0.1) is 0 Å².